The van der Waals surface area contributed by atoms with Crippen LogP contribution in [0.2, 0.25) is 10.0 Å². The molecule has 1 fully saturated rings. The quantitative estimate of drug-likeness (QED) is 0.642. The van der Waals surface area contributed by atoms with E-state index in [0.717, 1.165) is 29.9 Å². The molecule has 1 atom stereocenters. The zero-order valence-corrected chi connectivity index (χ0v) is 16.5. The first-order valence-electron chi connectivity index (χ1n) is 8.48. The van der Waals surface area contributed by atoms with Gasteiger partial charge in [-0.05, 0) is 36.6 Å². The van der Waals surface area contributed by atoms with Crippen LogP contribution in [0.5, 0.6) is 0 Å². The van der Waals surface area contributed by atoms with Crippen LogP contribution in [-0.2, 0) is 20.7 Å². The van der Waals surface area contributed by atoms with Crippen LogP contribution in [0.25, 0.3) is 0 Å². The maximum absolute atomic E-state index is 12.0. The standard InChI is InChI=1S/C18H20Cl2N2O3S/c19-13-3-4-16(20)12(8-13)9-15-10-21-18(26-15)22-17(23)5-7-24-11-14-2-1-6-25-14/h3-4,8,10,14H,1-2,5-7,9,11H2,(H,21,22,23). The van der Waals surface area contributed by atoms with E-state index in [2.05, 4.69) is 10.3 Å². The third-order valence-corrected chi connectivity index (χ3v) is 5.49. The van der Waals surface area contributed by atoms with Gasteiger partial charge in [-0.3, -0.25) is 4.79 Å². The number of nitrogens with zero attached hydrogens (tertiary/aromatic N) is 1. The Morgan fingerprint density at radius 3 is 3.12 bits per heavy atom. The Bertz CT molecular complexity index is 748. The summed E-state index contributed by atoms with van der Waals surface area (Å²) in [6.07, 6.45) is 4.95. The van der Waals surface area contributed by atoms with Crippen molar-refractivity contribution in [2.75, 3.05) is 25.1 Å². The summed E-state index contributed by atoms with van der Waals surface area (Å²) >= 11 is 13.6. The van der Waals surface area contributed by atoms with E-state index < -0.39 is 0 Å². The Morgan fingerprint density at radius 2 is 2.31 bits per heavy atom. The van der Waals surface area contributed by atoms with Crippen molar-refractivity contribution in [1.29, 1.82) is 0 Å². The number of benzene rings is 1. The second kappa shape index (κ2) is 9.67. The zero-order chi connectivity index (χ0) is 18.4. The number of thiazole rings is 1. The molecule has 8 heteroatoms. The maximum Gasteiger partial charge on any atom is 0.228 e. The van der Waals surface area contributed by atoms with Gasteiger partial charge in [0.05, 0.1) is 25.7 Å². The van der Waals surface area contributed by atoms with Gasteiger partial charge in [-0.25, -0.2) is 4.98 Å². The van der Waals surface area contributed by atoms with E-state index >= 15 is 0 Å². The van der Waals surface area contributed by atoms with E-state index in [4.69, 9.17) is 32.7 Å². The third kappa shape index (κ3) is 5.93. The van der Waals surface area contributed by atoms with Gasteiger partial charge in [0.2, 0.25) is 5.91 Å². The highest BCUT2D eigenvalue weighted by Gasteiger charge is 2.15. The molecule has 1 aliphatic heterocycles. The number of hydrogen-bond donors (Lipinski definition) is 1. The summed E-state index contributed by atoms with van der Waals surface area (Å²) in [6, 6.07) is 5.37. The van der Waals surface area contributed by atoms with E-state index in [1.807, 2.05) is 6.07 Å². The lowest BCUT2D eigenvalue weighted by Crippen LogP contribution is -2.18. The fourth-order valence-corrected chi connectivity index (χ4v) is 3.88. The van der Waals surface area contributed by atoms with Gasteiger partial charge in [-0.1, -0.05) is 23.2 Å². The molecule has 1 N–H and O–H groups in total. The predicted molar refractivity (Wildman–Crippen MR) is 104 cm³/mol. The highest BCUT2D eigenvalue weighted by atomic mass is 35.5. The highest BCUT2D eigenvalue weighted by molar-refractivity contribution is 7.15. The van der Waals surface area contributed by atoms with Gasteiger partial charge in [-0.2, -0.15) is 0 Å². The van der Waals surface area contributed by atoms with Crippen molar-refractivity contribution in [3.63, 3.8) is 0 Å². The average Bonchev–Trinajstić information content (AvgIpc) is 3.27. The molecular formula is C18H20Cl2N2O3S. The SMILES string of the molecule is O=C(CCOCC1CCCO1)Nc1ncc(Cc2cc(Cl)ccc2Cl)s1. The van der Waals surface area contributed by atoms with Gasteiger partial charge in [0.1, 0.15) is 0 Å². The van der Waals surface area contributed by atoms with Crippen molar-refractivity contribution in [2.45, 2.75) is 31.8 Å². The summed E-state index contributed by atoms with van der Waals surface area (Å²) in [5.74, 6) is -0.112. The number of rotatable bonds is 8. The van der Waals surface area contributed by atoms with Gasteiger partial charge < -0.3 is 14.8 Å². The number of carbonyl (C=O) groups excluding carboxylic acids is 1. The molecule has 2 aromatic rings. The molecule has 1 amide bonds. The number of ether oxygens (including phenoxy) is 2. The fraction of sp³-hybridized carbons (Fsp3) is 0.444. The molecule has 0 bridgehead atoms. The lowest BCUT2D eigenvalue weighted by molar-refractivity contribution is -0.117. The lowest BCUT2D eigenvalue weighted by atomic mass is 10.1. The van der Waals surface area contributed by atoms with Crippen molar-refractivity contribution in [3.05, 3.63) is 44.9 Å². The van der Waals surface area contributed by atoms with Crippen molar-refractivity contribution in [3.8, 4) is 0 Å². The van der Waals surface area contributed by atoms with Crippen molar-refractivity contribution >= 4 is 45.6 Å². The van der Waals surface area contributed by atoms with E-state index in [0.29, 0.717) is 41.2 Å². The molecule has 3 rings (SSSR count). The summed E-state index contributed by atoms with van der Waals surface area (Å²) in [5, 5.41) is 4.68. The minimum Gasteiger partial charge on any atom is -0.378 e. The van der Waals surface area contributed by atoms with Crippen LogP contribution < -0.4 is 5.32 Å². The molecule has 0 aliphatic carbocycles. The number of anilines is 1. The van der Waals surface area contributed by atoms with Crippen molar-refractivity contribution in [1.82, 2.24) is 4.98 Å². The van der Waals surface area contributed by atoms with Gasteiger partial charge in [-0.15, -0.1) is 11.3 Å². The van der Waals surface area contributed by atoms with E-state index in [9.17, 15) is 4.79 Å². The molecule has 1 aromatic carbocycles. The lowest BCUT2D eigenvalue weighted by Gasteiger charge is -2.09. The number of amides is 1. The second-order valence-electron chi connectivity index (χ2n) is 6.05. The largest absolute Gasteiger partial charge is 0.378 e. The minimum absolute atomic E-state index is 0.112. The molecular weight excluding hydrogens is 395 g/mol. The number of aromatic nitrogens is 1. The van der Waals surface area contributed by atoms with Crippen LogP contribution >= 0.6 is 34.5 Å². The van der Waals surface area contributed by atoms with Gasteiger partial charge in [0.15, 0.2) is 5.13 Å². The Kier molecular flexibility index (Phi) is 7.28. The summed E-state index contributed by atoms with van der Waals surface area (Å²) in [6.45, 7) is 1.73. The van der Waals surface area contributed by atoms with Crippen LogP contribution in [0, 0.1) is 0 Å². The Hall–Kier alpha value is -1.18. The predicted octanol–water partition coefficient (Wildman–Crippen LogP) is 4.56. The van der Waals surface area contributed by atoms with Crippen LogP contribution in [0.1, 0.15) is 29.7 Å². The summed E-state index contributed by atoms with van der Waals surface area (Å²) < 4.78 is 11.0. The maximum atomic E-state index is 12.0. The number of nitrogens with one attached hydrogen (secondary N) is 1. The zero-order valence-electron chi connectivity index (χ0n) is 14.2. The molecule has 140 valence electrons. The highest BCUT2D eigenvalue weighted by Crippen LogP contribution is 2.27. The van der Waals surface area contributed by atoms with Crippen LogP contribution in [0.3, 0.4) is 0 Å². The van der Waals surface area contributed by atoms with E-state index in [1.165, 1.54) is 11.3 Å². The topological polar surface area (TPSA) is 60.5 Å². The smallest absolute Gasteiger partial charge is 0.228 e. The number of hydrogen-bond acceptors (Lipinski definition) is 5. The molecule has 1 saturated heterocycles. The van der Waals surface area contributed by atoms with E-state index in [-0.39, 0.29) is 12.0 Å². The third-order valence-electron chi connectivity index (χ3n) is 3.97. The molecule has 26 heavy (non-hydrogen) atoms. The molecule has 0 radical (unpaired) electrons. The molecule has 2 heterocycles. The fourth-order valence-electron chi connectivity index (χ4n) is 2.65. The number of halogens is 2. The molecule has 1 unspecified atom stereocenters. The first-order chi connectivity index (χ1) is 12.6. The van der Waals surface area contributed by atoms with Crippen molar-refractivity contribution in [2.24, 2.45) is 0 Å². The molecule has 1 aliphatic rings. The average molecular weight is 415 g/mol. The summed E-state index contributed by atoms with van der Waals surface area (Å²) in [7, 11) is 0. The Balaban J connectivity index is 1.42. The van der Waals surface area contributed by atoms with E-state index in [1.54, 1.807) is 18.3 Å². The van der Waals surface area contributed by atoms with Crippen LogP contribution in [0.4, 0.5) is 5.13 Å². The van der Waals surface area contributed by atoms with Crippen LogP contribution in [-0.4, -0.2) is 36.8 Å². The summed E-state index contributed by atoms with van der Waals surface area (Å²) in [4.78, 5) is 17.2. The monoisotopic (exact) mass is 414 g/mol. The van der Waals surface area contributed by atoms with Gasteiger partial charge in [0.25, 0.3) is 0 Å². The first-order valence-corrected chi connectivity index (χ1v) is 10.1. The summed E-state index contributed by atoms with van der Waals surface area (Å²) in [5.41, 5.74) is 0.934. The molecule has 1 aromatic heterocycles. The van der Waals surface area contributed by atoms with Crippen molar-refractivity contribution < 1.29 is 14.3 Å². The Morgan fingerprint density at radius 1 is 1.42 bits per heavy atom. The molecule has 0 spiro atoms. The van der Waals surface area contributed by atoms with Gasteiger partial charge in [0, 0.05) is 34.1 Å². The molecule has 5 nitrogen and oxygen atoms in total. The minimum atomic E-state index is -0.112. The second-order valence-corrected chi connectivity index (χ2v) is 8.01. The first kappa shape index (κ1) is 19.6. The Labute approximate surface area is 166 Å². The van der Waals surface area contributed by atoms with Gasteiger partial charge >= 0.3 is 0 Å². The van der Waals surface area contributed by atoms with Crippen LogP contribution in [0.15, 0.2) is 24.4 Å². The number of carbonyl (C=O) groups is 1. The molecule has 0 saturated carbocycles. The normalized spacial score (nSPS) is 16.8.